The fourth-order valence-corrected chi connectivity index (χ4v) is 1.76. The molecule has 1 aromatic rings. The average molecular weight is 284 g/mol. The number of nitrogens with one attached hydrogen (secondary N) is 1. The van der Waals surface area contributed by atoms with Crippen molar-refractivity contribution in [1.82, 2.24) is 5.32 Å². The molecule has 0 aliphatic heterocycles. The minimum Gasteiger partial charge on any atom is -0.482 e. The number of carbonyl (C=O) groups is 2. The highest BCUT2D eigenvalue weighted by Crippen LogP contribution is 2.27. The maximum Gasteiger partial charge on any atom is 0.335 e. The molecular formula is C13H14ClNO4. The van der Waals surface area contributed by atoms with Crippen LogP contribution in [0, 0.1) is 5.92 Å². The van der Waals surface area contributed by atoms with Gasteiger partial charge in [0, 0.05) is 6.54 Å². The Kier molecular flexibility index (Phi) is 4.27. The predicted octanol–water partition coefficient (Wildman–Crippen LogP) is 1.94. The molecule has 1 saturated carbocycles. The predicted molar refractivity (Wildman–Crippen MR) is 69.6 cm³/mol. The summed E-state index contributed by atoms with van der Waals surface area (Å²) in [4.78, 5) is 22.2. The van der Waals surface area contributed by atoms with Gasteiger partial charge in [0.2, 0.25) is 0 Å². The normalized spacial score (nSPS) is 13.9. The summed E-state index contributed by atoms with van der Waals surface area (Å²) in [7, 11) is 0. The van der Waals surface area contributed by atoms with Crippen molar-refractivity contribution in [2.75, 3.05) is 13.2 Å². The third kappa shape index (κ3) is 4.13. The van der Waals surface area contributed by atoms with Crippen molar-refractivity contribution in [3.63, 3.8) is 0 Å². The zero-order chi connectivity index (χ0) is 13.8. The maximum atomic E-state index is 11.5. The number of aromatic carboxylic acids is 1. The van der Waals surface area contributed by atoms with Crippen molar-refractivity contribution in [1.29, 1.82) is 0 Å². The van der Waals surface area contributed by atoms with Crippen molar-refractivity contribution >= 4 is 23.5 Å². The molecule has 2 N–H and O–H groups in total. The van der Waals surface area contributed by atoms with Gasteiger partial charge >= 0.3 is 5.97 Å². The molecule has 0 heterocycles. The summed E-state index contributed by atoms with van der Waals surface area (Å²) in [6.07, 6.45) is 2.34. The summed E-state index contributed by atoms with van der Waals surface area (Å²) in [5.41, 5.74) is 0.0792. The number of hydrogen-bond acceptors (Lipinski definition) is 3. The standard InChI is InChI=1S/C13H14ClNO4/c14-10-5-9(13(17)18)3-4-11(10)19-7-12(16)15-6-8-1-2-8/h3-5,8H,1-2,6-7H2,(H,15,16)(H,17,18). The van der Waals surface area contributed by atoms with Crippen LogP contribution in [-0.4, -0.2) is 30.1 Å². The van der Waals surface area contributed by atoms with E-state index in [-0.39, 0.29) is 23.1 Å². The van der Waals surface area contributed by atoms with Gasteiger partial charge in [0.15, 0.2) is 6.61 Å². The van der Waals surface area contributed by atoms with E-state index < -0.39 is 5.97 Å². The van der Waals surface area contributed by atoms with E-state index in [1.165, 1.54) is 31.0 Å². The molecule has 0 saturated heterocycles. The van der Waals surface area contributed by atoms with Crippen LogP contribution < -0.4 is 10.1 Å². The van der Waals surface area contributed by atoms with Gasteiger partial charge in [-0.15, -0.1) is 0 Å². The molecule has 19 heavy (non-hydrogen) atoms. The van der Waals surface area contributed by atoms with E-state index in [2.05, 4.69) is 5.32 Å². The van der Waals surface area contributed by atoms with Crippen LogP contribution in [0.25, 0.3) is 0 Å². The lowest BCUT2D eigenvalue weighted by Crippen LogP contribution is -2.30. The number of rotatable bonds is 6. The van der Waals surface area contributed by atoms with Gasteiger partial charge in [-0.25, -0.2) is 4.79 Å². The Morgan fingerprint density at radius 1 is 1.42 bits per heavy atom. The molecule has 2 rings (SSSR count). The Labute approximate surface area is 115 Å². The lowest BCUT2D eigenvalue weighted by atomic mass is 10.2. The molecule has 0 spiro atoms. The Hall–Kier alpha value is -1.75. The first-order valence-electron chi connectivity index (χ1n) is 5.98. The van der Waals surface area contributed by atoms with E-state index in [1.807, 2.05) is 0 Å². The molecule has 5 nitrogen and oxygen atoms in total. The SMILES string of the molecule is O=C(COc1ccc(C(=O)O)cc1Cl)NCC1CC1. The van der Waals surface area contributed by atoms with Gasteiger partial charge in [0.05, 0.1) is 10.6 Å². The summed E-state index contributed by atoms with van der Waals surface area (Å²) >= 11 is 5.87. The Morgan fingerprint density at radius 3 is 2.74 bits per heavy atom. The highest BCUT2D eigenvalue weighted by Gasteiger charge is 2.21. The number of hydrogen-bond donors (Lipinski definition) is 2. The maximum absolute atomic E-state index is 11.5. The fraction of sp³-hybridized carbons (Fsp3) is 0.385. The summed E-state index contributed by atoms with van der Waals surface area (Å²) in [5, 5.41) is 11.7. The Morgan fingerprint density at radius 2 is 2.16 bits per heavy atom. The number of benzene rings is 1. The number of halogens is 1. The van der Waals surface area contributed by atoms with Crippen molar-refractivity contribution in [3.8, 4) is 5.75 Å². The number of carbonyl (C=O) groups excluding carboxylic acids is 1. The third-order valence-electron chi connectivity index (χ3n) is 2.82. The van der Waals surface area contributed by atoms with E-state index in [4.69, 9.17) is 21.4 Å². The summed E-state index contributed by atoms with van der Waals surface area (Å²) < 4.78 is 5.25. The lowest BCUT2D eigenvalue weighted by Gasteiger charge is -2.08. The summed E-state index contributed by atoms with van der Waals surface area (Å²) in [5.74, 6) is -0.350. The van der Waals surface area contributed by atoms with E-state index in [0.29, 0.717) is 18.2 Å². The van der Waals surface area contributed by atoms with Gasteiger partial charge in [0.25, 0.3) is 5.91 Å². The zero-order valence-electron chi connectivity index (χ0n) is 10.2. The molecule has 1 amide bonds. The second-order valence-corrected chi connectivity index (χ2v) is 4.89. The van der Waals surface area contributed by atoms with Crippen molar-refractivity contribution in [2.45, 2.75) is 12.8 Å². The second-order valence-electron chi connectivity index (χ2n) is 4.49. The van der Waals surface area contributed by atoms with E-state index in [9.17, 15) is 9.59 Å². The highest BCUT2D eigenvalue weighted by molar-refractivity contribution is 6.32. The van der Waals surface area contributed by atoms with Gasteiger partial charge < -0.3 is 15.2 Å². The molecular weight excluding hydrogens is 270 g/mol. The van der Waals surface area contributed by atoms with E-state index >= 15 is 0 Å². The van der Waals surface area contributed by atoms with E-state index in [0.717, 1.165) is 0 Å². The topological polar surface area (TPSA) is 75.6 Å². The summed E-state index contributed by atoms with van der Waals surface area (Å²) in [6.45, 7) is 0.562. The second kappa shape index (κ2) is 5.93. The average Bonchev–Trinajstić information content (AvgIpc) is 3.18. The molecule has 1 fully saturated rings. The molecule has 0 radical (unpaired) electrons. The molecule has 102 valence electrons. The lowest BCUT2D eigenvalue weighted by molar-refractivity contribution is -0.123. The van der Waals surface area contributed by atoms with Crippen LogP contribution >= 0.6 is 11.6 Å². The minimum atomic E-state index is -1.06. The highest BCUT2D eigenvalue weighted by atomic mass is 35.5. The monoisotopic (exact) mass is 283 g/mol. The van der Waals surface area contributed by atoms with Gasteiger partial charge in [-0.1, -0.05) is 11.6 Å². The van der Waals surface area contributed by atoms with Crippen LogP contribution in [0.3, 0.4) is 0 Å². The third-order valence-corrected chi connectivity index (χ3v) is 3.12. The van der Waals surface area contributed by atoms with Crippen LogP contribution in [0.2, 0.25) is 5.02 Å². The zero-order valence-corrected chi connectivity index (χ0v) is 10.9. The van der Waals surface area contributed by atoms with Crippen LogP contribution in [-0.2, 0) is 4.79 Å². The van der Waals surface area contributed by atoms with Crippen LogP contribution in [0.4, 0.5) is 0 Å². The molecule has 1 aromatic carbocycles. The number of carboxylic acid groups (broad SMARTS) is 1. The first kappa shape index (κ1) is 13.7. The largest absolute Gasteiger partial charge is 0.482 e. The smallest absolute Gasteiger partial charge is 0.335 e. The first-order chi connectivity index (χ1) is 9.06. The van der Waals surface area contributed by atoms with Gasteiger partial charge in [-0.05, 0) is 37.0 Å². The molecule has 1 aliphatic carbocycles. The van der Waals surface area contributed by atoms with Crippen molar-refractivity contribution in [3.05, 3.63) is 28.8 Å². The number of amides is 1. The van der Waals surface area contributed by atoms with Gasteiger partial charge in [-0.2, -0.15) is 0 Å². The van der Waals surface area contributed by atoms with Gasteiger partial charge in [0.1, 0.15) is 5.75 Å². The molecule has 0 aromatic heterocycles. The molecule has 1 aliphatic rings. The van der Waals surface area contributed by atoms with Crippen molar-refractivity contribution in [2.24, 2.45) is 5.92 Å². The number of carboxylic acids is 1. The van der Waals surface area contributed by atoms with Crippen LogP contribution in [0.1, 0.15) is 23.2 Å². The summed E-state index contributed by atoms with van der Waals surface area (Å²) in [6, 6.07) is 4.12. The van der Waals surface area contributed by atoms with E-state index in [1.54, 1.807) is 0 Å². The van der Waals surface area contributed by atoms with Crippen LogP contribution in [0.15, 0.2) is 18.2 Å². The Balaban J connectivity index is 1.84. The Bertz CT molecular complexity index is 499. The van der Waals surface area contributed by atoms with Crippen LogP contribution in [0.5, 0.6) is 5.75 Å². The molecule has 0 atom stereocenters. The van der Waals surface area contributed by atoms with Crippen molar-refractivity contribution < 1.29 is 19.4 Å². The fourth-order valence-electron chi connectivity index (χ4n) is 1.53. The number of ether oxygens (including phenoxy) is 1. The molecule has 6 heteroatoms. The first-order valence-corrected chi connectivity index (χ1v) is 6.36. The quantitative estimate of drug-likeness (QED) is 0.836. The molecule has 0 bridgehead atoms. The van der Waals surface area contributed by atoms with Gasteiger partial charge in [-0.3, -0.25) is 4.79 Å². The minimum absolute atomic E-state index is 0.0792. The molecule has 0 unspecified atom stereocenters.